The van der Waals surface area contributed by atoms with Gasteiger partial charge in [0.05, 0.1) is 6.67 Å². The highest BCUT2D eigenvalue weighted by atomic mass is 32.1. The highest BCUT2D eigenvalue weighted by Gasteiger charge is 1.97. The van der Waals surface area contributed by atoms with E-state index in [9.17, 15) is 4.39 Å². The van der Waals surface area contributed by atoms with E-state index in [0.717, 1.165) is 0 Å². The topological polar surface area (TPSA) is 63.8 Å². The third-order valence-corrected chi connectivity index (χ3v) is 1.72. The molecule has 6 heteroatoms. The highest BCUT2D eigenvalue weighted by Crippen LogP contribution is 2.10. The number of nitrogens with two attached hydrogens (primary N) is 1. The molecule has 3 N–H and O–H groups in total. The lowest BCUT2D eigenvalue weighted by atomic mass is 10.5. The Balaban J connectivity index is 2.27. The molecule has 0 bridgehead atoms. The molecule has 1 rings (SSSR count). The van der Waals surface area contributed by atoms with Crippen LogP contribution in [0.5, 0.6) is 0 Å². The number of anilines is 2. The van der Waals surface area contributed by atoms with Gasteiger partial charge in [-0.25, -0.2) is 0 Å². The Bertz CT molecular complexity index is 214. The molecule has 0 unspecified atom stereocenters. The van der Waals surface area contributed by atoms with Crippen molar-refractivity contribution < 1.29 is 4.39 Å². The predicted molar refractivity (Wildman–Crippen MR) is 43.4 cm³/mol. The molecule has 0 aliphatic carbocycles. The van der Waals surface area contributed by atoms with E-state index < -0.39 is 0 Å². The molecule has 0 saturated heterocycles. The van der Waals surface area contributed by atoms with Crippen molar-refractivity contribution in [1.82, 2.24) is 9.36 Å². The van der Waals surface area contributed by atoms with Gasteiger partial charge in [0.15, 0.2) is 0 Å². The number of aromatic nitrogens is 2. The fourth-order valence-electron chi connectivity index (χ4n) is 0.569. The van der Waals surface area contributed by atoms with Crippen LogP contribution in [0.2, 0.25) is 0 Å². The number of rotatable bonds is 4. The second-order valence-corrected chi connectivity index (χ2v) is 2.68. The lowest BCUT2D eigenvalue weighted by molar-refractivity contribution is 0.481. The van der Waals surface area contributed by atoms with Gasteiger partial charge in [-0.15, -0.1) is 0 Å². The fraction of sp³-hybridized carbons (Fsp3) is 0.600. The Hall–Kier alpha value is -0.910. The van der Waals surface area contributed by atoms with Crippen molar-refractivity contribution in [2.24, 2.45) is 0 Å². The van der Waals surface area contributed by atoms with Crippen molar-refractivity contribution in [3.05, 3.63) is 0 Å². The first-order chi connectivity index (χ1) is 5.33. The standard InChI is InChI=1S/C5H9FN4S/c6-2-1-3-8-5-9-4(7)10-11-5/h1-3H2,(H3,7,8,9,10). The summed E-state index contributed by atoms with van der Waals surface area (Å²) in [5.41, 5.74) is 5.26. The summed E-state index contributed by atoms with van der Waals surface area (Å²) >= 11 is 1.18. The van der Waals surface area contributed by atoms with Gasteiger partial charge in [-0.05, 0) is 6.42 Å². The zero-order valence-electron chi connectivity index (χ0n) is 5.88. The minimum absolute atomic E-state index is 0.262. The van der Waals surface area contributed by atoms with Crippen molar-refractivity contribution in [2.45, 2.75) is 6.42 Å². The number of nitrogen functional groups attached to an aromatic ring is 1. The molecule has 1 heterocycles. The van der Waals surface area contributed by atoms with Crippen LogP contribution in [0.4, 0.5) is 15.5 Å². The van der Waals surface area contributed by atoms with Gasteiger partial charge in [0, 0.05) is 18.1 Å². The first kappa shape index (κ1) is 8.19. The van der Waals surface area contributed by atoms with Gasteiger partial charge >= 0.3 is 0 Å². The van der Waals surface area contributed by atoms with E-state index in [1.165, 1.54) is 11.5 Å². The number of hydrogen-bond donors (Lipinski definition) is 2. The molecule has 0 atom stereocenters. The lowest BCUT2D eigenvalue weighted by Gasteiger charge is -1.96. The van der Waals surface area contributed by atoms with Gasteiger partial charge in [-0.2, -0.15) is 9.36 Å². The molecule has 0 amide bonds. The molecule has 0 saturated carbocycles. The third kappa shape index (κ3) is 2.67. The molecule has 0 aromatic carbocycles. The summed E-state index contributed by atoms with van der Waals surface area (Å²) in [6, 6.07) is 0. The highest BCUT2D eigenvalue weighted by molar-refractivity contribution is 7.09. The summed E-state index contributed by atoms with van der Waals surface area (Å²) in [6.07, 6.45) is 0.486. The maximum atomic E-state index is 11.6. The third-order valence-electron chi connectivity index (χ3n) is 1.03. The molecule has 4 nitrogen and oxygen atoms in total. The van der Waals surface area contributed by atoms with E-state index in [1.807, 2.05) is 0 Å². The predicted octanol–water partition coefficient (Wildman–Crippen LogP) is 0.892. The summed E-state index contributed by atoms with van der Waals surface area (Å²) < 4.78 is 15.4. The summed E-state index contributed by atoms with van der Waals surface area (Å²) in [4.78, 5) is 3.83. The van der Waals surface area contributed by atoms with Crippen molar-refractivity contribution in [1.29, 1.82) is 0 Å². The van der Waals surface area contributed by atoms with Crippen LogP contribution in [0.1, 0.15) is 6.42 Å². The molecular formula is C5H9FN4S. The average molecular weight is 176 g/mol. The monoisotopic (exact) mass is 176 g/mol. The largest absolute Gasteiger partial charge is 0.367 e. The van der Waals surface area contributed by atoms with Crippen LogP contribution < -0.4 is 11.1 Å². The molecule has 0 aliphatic rings. The molecule has 0 spiro atoms. The van der Waals surface area contributed by atoms with Crippen molar-refractivity contribution in [2.75, 3.05) is 24.3 Å². The van der Waals surface area contributed by atoms with Crippen LogP contribution in [0, 0.1) is 0 Å². The van der Waals surface area contributed by atoms with E-state index in [-0.39, 0.29) is 12.6 Å². The van der Waals surface area contributed by atoms with Gasteiger partial charge in [0.25, 0.3) is 0 Å². The Morgan fingerprint density at radius 2 is 2.45 bits per heavy atom. The lowest BCUT2D eigenvalue weighted by Crippen LogP contribution is -2.01. The summed E-state index contributed by atoms with van der Waals surface area (Å²) in [6.45, 7) is 0.256. The maximum Gasteiger partial charge on any atom is 0.233 e. The SMILES string of the molecule is Nc1nsc(NCCCF)n1. The Morgan fingerprint density at radius 3 is 3.00 bits per heavy atom. The quantitative estimate of drug-likeness (QED) is 0.669. The normalized spacial score (nSPS) is 9.91. The van der Waals surface area contributed by atoms with Gasteiger partial charge < -0.3 is 11.1 Å². The van der Waals surface area contributed by atoms with Crippen molar-refractivity contribution in [3.8, 4) is 0 Å². The van der Waals surface area contributed by atoms with Gasteiger partial charge in [0.2, 0.25) is 11.1 Å². The second kappa shape index (κ2) is 4.07. The first-order valence-corrected chi connectivity index (χ1v) is 3.99. The van der Waals surface area contributed by atoms with Gasteiger partial charge in [0.1, 0.15) is 0 Å². The van der Waals surface area contributed by atoms with E-state index in [1.54, 1.807) is 0 Å². The summed E-state index contributed by atoms with van der Waals surface area (Å²) in [7, 11) is 0. The van der Waals surface area contributed by atoms with E-state index in [0.29, 0.717) is 18.1 Å². The van der Waals surface area contributed by atoms with Crippen LogP contribution in [-0.4, -0.2) is 22.6 Å². The molecule has 1 aromatic heterocycles. The Labute approximate surface area is 67.8 Å². The van der Waals surface area contributed by atoms with Gasteiger partial charge in [-0.1, -0.05) is 0 Å². The average Bonchev–Trinajstić information content (AvgIpc) is 2.37. The molecule has 0 fully saturated rings. The fourth-order valence-corrected chi connectivity index (χ4v) is 1.09. The molecule has 0 radical (unpaired) electrons. The molecule has 62 valence electrons. The van der Waals surface area contributed by atoms with Crippen LogP contribution in [-0.2, 0) is 0 Å². The zero-order valence-corrected chi connectivity index (χ0v) is 6.70. The zero-order chi connectivity index (χ0) is 8.10. The maximum absolute atomic E-state index is 11.6. The number of nitrogens with zero attached hydrogens (tertiary/aromatic N) is 2. The van der Waals surface area contributed by atoms with Crippen molar-refractivity contribution >= 4 is 22.6 Å². The number of nitrogens with one attached hydrogen (secondary N) is 1. The smallest absolute Gasteiger partial charge is 0.233 e. The number of halogens is 1. The van der Waals surface area contributed by atoms with E-state index in [2.05, 4.69) is 14.7 Å². The van der Waals surface area contributed by atoms with Crippen LogP contribution in [0.25, 0.3) is 0 Å². The molecule has 1 aromatic rings. The first-order valence-electron chi connectivity index (χ1n) is 3.22. The van der Waals surface area contributed by atoms with E-state index >= 15 is 0 Å². The molecule has 11 heavy (non-hydrogen) atoms. The van der Waals surface area contributed by atoms with Crippen LogP contribution in [0.3, 0.4) is 0 Å². The minimum atomic E-state index is -0.318. The molecular weight excluding hydrogens is 167 g/mol. The second-order valence-electron chi connectivity index (χ2n) is 1.93. The Morgan fingerprint density at radius 1 is 1.64 bits per heavy atom. The Kier molecular flexibility index (Phi) is 3.03. The summed E-state index contributed by atoms with van der Waals surface area (Å²) in [5, 5.41) is 3.54. The van der Waals surface area contributed by atoms with Crippen LogP contribution in [0.15, 0.2) is 0 Å². The van der Waals surface area contributed by atoms with Crippen LogP contribution >= 0.6 is 11.5 Å². The molecule has 0 aliphatic heterocycles. The number of hydrogen-bond acceptors (Lipinski definition) is 5. The van der Waals surface area contributed by atoms with Gasteiger partial charge in [-0.3, -0.25) is 4.39 Å². The minimum Gasteiger partial charge on any atom is -0.367 e. The summed E-state index contributed by atoms with van der Waals surface area (Å²) in [5.74, 6) is 0.262. The number of alkyl halides is 1. The van der Waals surface area contributed by atoms with Crippen molar-refractivity contribution in [3.63, 3.8) is 0 Å². The van der Waals surface area contributed by atoms with E-state index in [4.69, 9.17) is 5.73 Å².